The lowest BCUT2D eigenvalue weighted by Crippen LogP contribution is -1.95. The van der Waals surface area contributed by atoms with Gasteiger partial charge in [-0.15, -0.1) is 0 Å². The minimum absolute atomic E-state index is 0.0285. The zero-order valence-corrected chi connectivity index (χ0v) is 10.7. The lowest BCUT2D eigenvalue weighted by Gasteiger charge is -2.02. The molecule has 0 saturated carbocycles. The standard InChI is InChI=1S/C14H12N4O/c1-9(19)10-4-3-5-11(6-10)13-15-7-12-14(17-13)16-8-18(12)2/h3-8H,1-2H3. The SMILES string of the molecule is CC(=O)c1cccc(-c2ncc3c(ncn3C)n2)c1. The molecule has 0 atom stereocenters. The Morgan fingerprint density at radius 1 is 1.26 bits per heavy atom. The molecule has 0 saturated heterocycles. The third-order valence-corrected chi connectivity index (χ3v) is 3.01. The number of aromatic nitrogens is 4. The molecule has 94 valence electrons. The molecule has 5 heteroatoms. The van der Waals surface area contributed by atoms with Crippen LogP contribution in [0.3, 0.4) is 0 Å². The normalized spacial score (nSPS) is 10.8. The van der Waals surface area contributed by atoms with Crippen molar-refractivity contribution in [2.75, 3.05) is 0 Å². The van der Waals surface area contributed by atoms with E-state index in [0.29, 0.717) is 17.0 Å². The van der Waals surface area contributed by atoms with Gasteiger partial charge in [-0.25, -0.2) is 15.0 Å². The topological polar surface area (TPSA) is 60.7 Å². The lowest BCUT2D eigenvalue weighted by molar-refractivity contribution is 0.101. The summed E-state index contributed by atoms with van der Waals surface area (Å²) in [5, 5.41) is 0. The molecule has 2 aromatic heterocycles. The van der Waals surface area contributed by atoms with Gasteiger partial charge in [-0.3, -0.25) is 4.79 Å². The highest BCUT2D eigenvalue weighted by atomic mass is 16.1. The summed E-state index contributed by atoms with van der Waals surface area (Å²) >= 11 is 0. The second-order valence-electron chi connectivity index (χ2n) is 4.39. The van der Waals surface area contributed by atoms with E-state index in [1.165, 1.54) is 0 Å². The molecule has 0 fully saturated rings. The first-order valence-electron chi connectivity index (χ1n) is 5.90. The van der Waals surface area contributed by atoms with Gasteiger partial charge in [0, 0.05) is 18.2 Å². The molecule has 5 nitrogen and oxygen atoms in total. The fraction of sp³-hybridized carbons (Fsp3) is 0.143. The summed E-state index contributed by atoms with van der Waals surface area (Å²) in [6.45, 7) is 1.54. The molecule has 0 aliphatic heterocycles. The minimum atomic E-state index is 0.0285. The van der Waals surface area contributed by atoms with Gasteiger partial charge in [0.1, 0.15) is 5.52 Å². The number of nitrogens with zero attached hydrogens (tertiary/aromatic N) is 4. The number of carbonyl (C=O) groups is 1. The van der Waals surface area contributed by atoms with Crippen molar-refractivity contribution in [1.82, 2.24) is 19.5 Å². The number of hydrogen-bond donors (Lipinski definition) is 0. The van der Waals surface area contributed by atoms with Crippen LogP contribution in [0.25, 0.3) is 22.6 Å². The third kappa shape index (κ3) is 1.99. The van der Waals surface area contributed by atoms with Crippen LogP contribution in [0.2, 0.25) is 0 Å². The second kappa shape index (κ2) is 4.28. The largest absolute Gasteiger partial charge is 0.331 e. The molecule has 2 heterocycles. The van der Waals surface area contributed by atoms with Crippen molar-refractivity contribution in [2.45, 2.75) is 6.92 Å². The van der Waals surface area contributed by atoms with Crippen molar-refractivity contribution in [2.24, 2.45) is 7.05 Å². The Balaban J connectivity index is 2.13. The van der Waals surface area contributed by atoms with Crippen molar-refractivity contribution in [3.05, 3.63) is 42.4 Å². The summed E-state index contributed by atoms with van der Waals surface area (Å²) in [6, 6.07) is 7.30. The predicted octanol–water partition coefficient (Wildman–Crippen LogP) is 2.23. The van der Waals surface area contributed by atoms with Gasteiger partial charge in [-0.05, 0) is 13.0 Å². The van der Waals surface area contributed by atoms with Crippen LogP contribution in [-0.4, -0.2) is 25.3 Å². The van der Waals surface area contributed by atoms with E-state index in [9.17, 15) is 4.79 Å². The summed E-state index contributed by atoms with van der Waals surface area (Å²) in [4.78, 5) is 24.3. The molecule has 0 aliphatic carbocycles. The molecule has 19 heavy (non-hydrogen) atoms. The zero-order valence-electron chi connectivity index (χ0n) is 10.7. The van der Waals surface area contributed by atoms with E-state index in [2.05, 4.69) is 15.0 Å². The Hall–Kier alpha value is -2.56. The van der Waals surface area contributed by atoms with E-state index in [0.717, 1.165) is 11.1 Å². The second-order valence-corrected chi connectivity index (χ2v) is 4.39. The number of Topliss-reactive ketones (excluding diaryl/α,β-unsaturated/α-hetero) is 1. The van der Waals surface area contributed by atoms with Gasteiger partial charge in [-0.1, -0.05) is 18.2 Å². The van der Waals surface area contributed by atoms with E-state index < -0.39 is 0 Å². The molecule has 0 spiro atoms. The van der Waals surface area contributed by atoms with Crippen molar-refractivity contribution >= 4 is 16.9 Å². The van der Waals surface area contributed by atoms with Crippen molar-refractivity contribution in [1.29, 1.82) is 0 Å². The fourth-order valence-electron chi connectivity index (χ4n) is 1.93. The fourth-order valence-corrected chi connectivity index (χ4v) is 1.93. The highest BCUT2D eigenvalue weighted by Crippen LogP contribution is 2.18. The maximum Gasteiger partial charge on any atom is 0.181 e. The Bertz CT molecular complexity index is 776. The van der Waals surface area contributed by atoms with Crippen molar-refractivity contribution < 1.29 is 4.79 Å². The van der Waals surface area contributed by atoms with Crippen LogP contribution in [-0.2, 0) is 7.05 Å². The van der Waals surface area contributed by atoms with E-state index in [1.807, 2.05) is 23.7 Å². The summed E-state index contributed by atoms with van der Waals surface area (Å²) in [5.74, 6) is 0.607. The van der Waals surface area contributed by atoms with Crippen LogP contribution in [0.4, 0.5) is 0 Å². The smallest absolute Gasteiger partial charge is 0.181 e. The molecule has 0 N–H and O–H groups in total. The van der Waals surface area contributed by atoms with Gasteiger partial charge in [0.25, 0.3) is 0 Å². The van der Waals surface area contributed by atoms with E-state index >= 15 is 0 Å². The molecule has 0 unspecified atom stereocenters. The number of fused-ring (bicyclic) bond motifs is 1. The third-order valence-electron chi connectivity index (χ3n) is 3.01. The first-order valence-corrected chi connectivity index (χ1v) is 5.90. The zero-order chi connectivity index (χ0) is 13.4. The number of rotatable bonds is 2. The summed E-state index contributed by atoms with van der Waals surface area (Å²) in [7, 11) is 1.90. The quantitative estimate of drug-likeness (QED) is 0.656. The number of aryl methyl sites for hydroxylation is 1. The van der Waals surface area contributed by atoms with Gasteiger partial charge in [-0.2, -0.15) is 0 Å². The maximum atomic E-state index is 11.4. The van der Waals surface area contributed by atoms with Crippen LogP contribution in [0.5, 0.6) is 0 Å². The molecular formula is C14H12N4O. The molecule has 0 bridgehead atoms. The van der Waals surface area contributed by atoms with Crippen LogP contribution < -0.4 is 0 Å². The Kier molecular flexibility index (Phi) is 2.59. The van der Waals surface area contributed by atoms with Crippen LogP contribution in [0.1, 0.15) is 17.3 Å². The van der Waals surface area contributed by atoms with Crippen molar-refractivity contribution in [3.63, 3.8) is 0 Å². The lowest BCUT2D eigenvalue weighted by atomic mass is 10.1. The van der Waals surface area contributed by atoms with E-state index in [-0.39, 0.29) is 5.78 Å². The van der Waals surface area contributed by atoms with Gasteiger partial charge in [0.05, 0.1) is 12.5 Å². The Morgan fingerprint density at radius 3 is 2.89 bits per heavy atom. The van der Waals surface area contributed by atoms with Gasteiger partial charge >= 0.3 is 0 Å². The average molecular weight is 252 g/mol. The van der Waals surface area contributed by atoms with Gasteiger partial charge in [0.15, 0.2) is 17.3 Å². The minimum Gasteiger partial charge on any atom is -0.331 e. The summed E-state index contributed by atoms with van der Waals surface area (Å²) in [6.07, 6.45) is 3.44. The summed E-state index contributed by atoms with van der Waals surface area (Å²) in [5.41, 5.74) is 3.01. The highest BCUT2D eigenvalue weighted by molar-refractivity contribution is 5.95. The van der Waals surface area contributed by atoms with Crippen LogP contribution in [0.15, 0.2) is 36.8 Å². The number of carbonyl (C=O) groups excluding carboxylic acids is 1. The number of benzene rings is 1. The predicted molar refractivity (Wildman–Crippen MR) is 71.7 cm³/mol. The summed E-state index contributed by atoms with van der Waals surface area (Å²) < 4.78 is 1.87. The monoisotopic (exact) mass is 252 g/mol. The van der Waals surface area contributed by atoms with E-state index in [4.69, 9.17) is 0 Å². The first kappa shape index (κ1) is 11.5. The number of ketones is 1. The molecule has 3 rings (SSSR count). The molecule has 0 amide bonds. The maximum absolute atomic E-state index is 11.4. The first-order chi connectivity index (χ1) is 9.15. The van der Waals surface area contributed by atoms with Crippen molar-refractivity contribution in [3.8, 4) is 11.4 Å². The Morgan fingerprint density at radius 2 is 2.11 bits per heavy atom. The van der Waals surface area contributed by atoms with Gasteiger partial charge < -0.3 is 4.57 Å². The van der Waals surface area contributed by atoms with E-state index in [1.54, 1.807) is 31.6 Å². The van der Waals surface area contributed by atoms with Gasteiger partial charge in [0.2, 0.25) is 0 Å². The molecule has 3 aromatic rings. The average Bonchev–Trinajstić information content (AvgIpc) is 2.80. The van der Waals surface area contributed by atoms with Crippen LogP contribution >= 0.6 is 0 Å². The highest BCUT2D eigenvalue weighted by Gasteiger charge is 2.08. The Labute approximate surface area is 110 Å². The molecule has 1 aromatic carbocycles. The molecular weight excluding hydrogens is 240 g/mol. The number of imidazole rings is 1. The number of hydrogen-bond acceptors (Lipinski definition) is 4. The van der Waals surface area contributed by atoms with Crippen LogP contribution in [0, 0.1) is 0 Å². The molecule has 0 radical (unpaired) electrons. The molecule has 0 aliphatic rings.